The predicted molar refractivity (Wildman–Crippen MR) is 84.1 cm³/mol. The van der Waals surface area contributed by atoms with Crippen LogP contribution in [0.4, 0.5) is 0 Å². The van der Waals surface area contributed by atoms with Crippen molar-refractivity contribution in [3.63, 3.8) is 0 Å². The Morgan fingerprint density at radius 1 is 1.50 bits per heavy atom. The first-order valence-electron chi connectivity index (χ1n) is 7.11. The number of primary amides is 1. The first-order valence-corrected chi connectivity index (χ1v) is 7.90. The van der Waals surface area contributed by atoms with E-state index in [0.29, 0.717) is 0 Å². The van der Waals surface area contributed by atoms with Crippen LogP contribution in [0.1, 0.15) is 37.8 Å². The van der Waals surface area contributed by atoms with Gasteiger partial charge in [0, 0.05) is 10.5 Å². The summed E-state index contributed by atoms with van der Waals surface area (Å²) in [6.45, 7) is 2.94. The summed E-state index contributed by atoms with van der Waals surface area (Å²) in [7, 11) is 0. The maximum Gasteiger partial charge on any atom is 0.234 e. The molecule has 0 aliphatic carbocycles. The fourth-order valence-electron chi connectivity index (χ4n) is 3.02. The highest BCUT2D eigenvalue weighted by Crippen LogP contribution is 2.35. The first kappa shape index (κ1) is 15.5. The number of carbonyl (C=O) groups is 1. The number of amides is 1. The molecule has 0 spiro atoms. The molecule has 1 saturated heterocycles. The summed E-state index contributed by atoms with van der Waals surface area (Å²) in [5, 5.41) is 0. The van der Waals surface area contributed by atoms with Crippen LogP contribution in [-0.2, 0) is 4.79 Å². The molecule has 1 heterocycles. The summed E-state index contributed by atoms with van der Waals surface area (Å²) in [5.41, 5.74) is 13.0. The van der Waals surface area contributed by atoms with Crippen LogP contribution in [0.15, 0.2) is 28.7 Å². The summed E-state index contributed by atoms with van der Waals surface area (Å²) < 4.78 is 1.03. The molecular weight excluding hydrogens is 318 g/mol. The number of hydrogen-bond acceptors (Lipinski definition) is 3. The van der Waals surface area contributed by atoms with Gasteiger partial charge < -0.3 is 11.5 Å². The van der Waals surface area contributed by atoms with Gasteiger partial charge in [-0.2, -0.15) is 0 Å². The first-order chi connectivity index (χ1) is 9.56. The lowest BCUT2D eigenvalue weighted by molar-refractivity contribution is -0.123. The molecule has 1 aromatic rings. The second kappa shape index (κ2) is 6.70. The lowest BCUT2D eigenvalue weighted by Gasteiger charge is -2.36. The molecule has 4 nitrogen and oxygen atoms in total. The Morgan fingerprint density at radius 3 is 2.80 bits per heavy atom. The highest BCUT2D eigenvalue weighted by molar-refractivity contribution is 9.10. The van der Waals surface area contributed by atoms with Gasteiger partial charge in [0.25, 0.3) is 0 Å². The fourth-order valence-corrected chi connectivity index (χ4v) is 3.54. The Balaban J connectivity index is 2.38. The van der Waals surface area contributed by atoms with Gasteiger partial charge in [0.15, 0.2) is 0 Å². The summed E-state index contributed by atoms with van der Waals surface area (Å²) >= 11 is 3.60. The van der Waals surface area contributed by atoms with E-state index in [0.717, 1.165) is 35.8 Å². The average molecular weight is 340 g/mol. The number of nitrogens with zero attached hydrogens (tertiary/aromatic N) is 1. The predicted octanol–water partition coefficient (Wildman–Crippen LogP) is 2.18. The third-order valence-electron chi connectivity index (χ3n) is 4.08. The molecule has 0 bridgehead atoms. The van der Waals surface area contributed by atoms with E-state index in [-0.39, 0.29) is 24.0 Å². The van der Waals surface area contributed by atoms with Gasteiger partial charge in [0.05, 0.1) is 12.1 Å². The molecule has 1 aliphatic heterocycles. The van der Waals surface area contributed by atoms with Gasteiger partial charge in [0.2, 0.25) is 5.91 Å². The molecule has 5 heteroatoms. The largest absolute Gasteiger partial charge is 0.368 e. The third-order valence-corrected chi connectivity index (χ3v) is 4.80. The van der Waals surface area contributed by atoms with E-state index >= 15 is 0 Å². The van der Waals surface area contributed by atoms with Crippen LogP contribution in [-0.4, -0.2) is 29.4 Å². The number of nitrogens with two attached hydrogens (primary N) is 2. The van der Waals surface area contributed by atoms with Crippen LogP contribution in [0.3, 0.4) is 0 Å². The van der Waals surface area contributed by atoms with Crippen molar-refractivity contribution in [3.05, 3.63) is 34.3 Å². The van der Waals surface area contributed by atoms with Crippen molar-refractivity contribution >= 4 is 21.8 Å². The van der Waals surface area contributed by atoms with Crippen molar-refractivity contribution in [1.82, 2.24) is 4.90 Å². The lowest BCUT2D eigenvalue weighted by Crippen LogP contribution is -2.48. The SMILES string of the molecule is CCC(N)C(c1ccccc1Br)N1CCCC1C(N)=O. The quantitative estimate of drug-likeness (QED) is 0.863. The van der Waals surface area contributed by atoms with Crippen molar-refractivity contribution in [2.75, 3.05) is 6.54 Å². The molecule has 3 atom stereocenters. The Bertz CT molecular complexity index is 480. The highest BCUT2D eigenvalue weighted by atomic mass is 79.9. The molecule has 4 N–H and O–H groups in total. The smallest absolute Gasteiger partial charge is 0.234 e. The second-order valence-corrected chi connectivity index (χ2v) is 6.19. The molecule has 1 fully saturated rings. The third kappa shape index (κ3) is 3.05. The van der Waals surface area contributed by atoms with Crippen molar-refractivity contribution in [1.29, 1.82) is 0 Å². The van der Waals surface area contributed by atoms with Crippen molar-refractivity contribution < 1.29 is 4.79 Å². The molecule has 0 radical (unpaired) electrons. The minimum absolute atomic E-state index is 0.0198. The van der Waals surface area contributed by atoms with E-state index in [9.17, 15) is 4.79 Å². The molecule has 1 aromatic carbocycles. The molecule has 0 aromatic heterocycles. The van der Waals surface area contributed by atoms with Gasteiger partial charge in [-0.25, -0.2) is 0 Å². The number of likely N-dealkylation sites (tertiary alicyclic amines) is 1. The molecule has 2 rings (SSSR count). The lowest BCUT2D eigenvalue weighted by atomic mass is 9.95. The maximum absolute atomic E-state index is 11.7. The topological polar surface area (TPSA) is 72.3 Å². The molecule has 1 amide bonds. The van der Waals surface area contributed by atoms with Crippen LogP contribution in [0.5, 0.6) is 0 Å². The minimum atomic E-state index is -0.247. The van der Waals surface area contributed by atoms with E-state index in [4.69, 9.17) is 11.5 Å². The number of hydrogen-bond donors (Lipinski definition) is 2. The van der Waals surface area contributed by atoms with E-state index in [1.54, 1.807) is 0 Å². The van der Waals surface area contributed by atoms with Crippen LogP contribution in [0.2, 0.25) is 0 Å². The van der Waals surface area contributed by atoms with Gasteiger partial charge in [-0.3, -0.25) is 9.69 Å². The Labute approximate surface area is 128 Å². The second-order valence-electron chi connectivity index (χ2n) is 5.34. The average Bonchev–Trinajstić information content (AvgIpc) is 2.90. The normalized spacial score (nSPS) is 22.6. The van der Waals surface area contributed by atoms with Crippen molar-refractivity contribution in [2.24, 2.45) is 11.5 Å². The van der Waals surface area contributed by atoms with Gasteiger partial charge in [-0.05, 0) is 37.4 Å². The number of benzene rings is 1. The standard InChI is InChI=1S/C15H22BrN3O/c1-2-12(17)14(10-6-3-4-7-11(10)16)19-9-5-8-13(19)15(18)20/h3-4,6-7,12-14H,2,5,8-9,17H2,1H3,(H2,18,20). The summed E-state index contributed by atoms with van der Waals surface area (Å²) in [5.74, 6) is -0.247. The van der Waals surface area contributed by atoms with Crippen molar-refractivity contribution in [3.8, 4) is 0 Å². The highest BCUT2D eigenvalue weighted by Gasteiger charge is 2.37. The fraction of sp³-hybridized carbons (Fsp3) is 0.533. The van der Waals surface area contributed by atoms with Gasteiger partial charge in [0.1, 0.15) is 0 Å². The van der Waals surface area contributed by atoms with Gasteiger partial charge >= 0.3 is 0 Å². The van der Waals surface area contributed by atoms with Crippen LogP contribution in [0.25, 0.3) is 0 Å². The van der Waals surface area contributed by atoms with Crippen LogP contribution >= 0.6 is 15.9 Å². The Hall–Kier alpha value is -0.910. The summed E-state index contributed by atoms with van der Waals surface area (Å²) in [6, 6.07) is 7.87. The molecule has 110 valence electrons. The minimum Gasteiger partial charge on any atom is -0.368 e. The van der Waals surface area contributed by atoms with E-state index in [1.165, 1.54) is 0 Å². The molecular formula is C15H22BrN3O. The van der Waals surface area contributed by atoms with Crippen LogP contribution < -0.4 is 11.5 Å². The Morgan fingerprint density at radius 2 is 2.20 bits per heavy atom. The summed E-state index contributed by atoms with van der Waals surface area (Å²) in [6.07, 6.45) is 2.67. The van der Waals surface area contributed by atoms with E-state index in [2.05, 4.69) is 33.8 Å². The molecule has 20 heavy (non-hydrogen) atoms. The van der Waals surface area contributed by atoms with Gasteiger partial charge in [-0.15, -0.1) is 0 Å². The monoisotopic (exact) mass is 339 g/mol. The Kier molecular flexibility index (Phi) is 5.18. The van der Waals surface area contributed by atoms with E-state index < -0.39 is 0 Å². The maximum atomic E-state index is 11.7. The van der Waals surface area contributed by atoms with E-state index in [1.807, 2.05) is 18.2 Å². The number of halogens is 1. The zero-order chi connectivity index (χ0) is 14.7. The zero-order valence-electron chi connectivity index (χ0n) is 11.8. The molecule has 3 unspecified atom stereocenters. The zero-order valence-corrected chi connectivity index (χ0v) is 13.3. The van der Waals surface area contributed by atoms with Crippen molar-refractivity contribution in [2.45, 2.75) is 44.3 Å². The summed E-state index contributed by atoms with van der Waals surface area (Å²) in [4.78, 5) is 13.8. The number of carbonyl (C=O) groups excluding carboxylic acids is 1. The molecule has 0 saturated carbocycles. The molecule has 1 aliphatic rings. The van der Waals surface area contributed by atoms with Gasteiger partial charge in [-0.1, -0.05) is 41.1 Å². The van der Waals surface area contributed by atoms with Crippen LogP contribution in [0, 0.1) is 0 Å². The number of rotatable bonds is 5.